The Morgan fingerprint density at radius 1 is 1.28 bits per heavy atom. The zero-order valence-electron chi connectivity index (χ0n) is 11.3. The molecule has 1 rings (SSSR count). The van der Waals surface area contributed by atoms with Crippen LogP contribution < -0.4 is 4.74 Å². The van der Waals surface area contributed by atoms with Crippen molar-refractivity contribution in [2.24, 2.45) is 0 Å². The van der Waals surface area contributed by atoms with E-state index in [0.29, 0.717) is 6.42 Å². The Kier molecular flexibility index (Phi) is 6.93. The molecular formula is C16H22O2. The Morgan fingerprint density at radius 3 is 2.56 bits per heavy atom. The van der Waals surface area contributed by atoms with Crippen LogP contribution in [0.3, 0.4) is 0 Å². The van der Waals surface area contributed by atoms with Crippen molar-refractivity contribution in [3.8, 4) is 5.75 Å². The van der Waals surface area contributed by atoms with E-state index in [4.69, 9.17) is 9.84 Å². The van der Waals surface area contributed by atoms with Gasteiger partial charge in [-0.3, -0.25) is 0 Å². The molecule has 1 N–H and O–H groups in total. The van der Waals surface area contributed by atoms with Crippen LogP contribution in [-0.2, 0) is 0 Å². The van der Waals surface area contributed by atoms with Crippen LogP contribution in [0.5, 0.6) is 5.75 Å². The lowest BCUT2D eigenvalue weighted by molar-refractivity contribution is 0.297. The summed E-state index contributed by atoms with van der Waals surface area (Å²) in [5.74, 6) is 0.859. The average Bonchev–Trinajstić information content (AvgIpc) is 2.42. The van der Waals surface area contributed by atoms with Gasteiger partial charge < -0.3 is 9.84 Å². The fourth-order valence-corrected chi connectivity index (χ4v) is 1.68. The Hall–Kier alpha value is -1.50. The minimum Gasteiger partial charge on any atom is -0.497 e. The number of methoxy groups -OCH3 is 1. The number of hydrogen-bond acceptors (Lipinski definition) is 2. The third-order valence-corrected chi connectivity index (χ3v) is 2.80. The van der Waals surface area contributed by atoms with Gasteiger partial charge in [-0.2, -0.15) is 0 Å². The van der Waals surface area contributed by atoms with Crippen molar-refractivity contribution >= 4 is 6.08 Å². The molecule has 0 aliphatic heterocycles. The number of ether oxygens (including phenoxy) is 1. The maximum Gasteiger partial charge on any atom is 0.118 e. The van der Waals surface area contributed by atoms with Gasteiger partial charge in [0.15, 0.2) is 0 Å². The first kappa shape index (κ1) is 14.6. The molecule has 98 valence electrons. The molecule has 0 saturated heterocycles. The van der Waals surface area contributed by atoms with Crippen LogP contribution in [-0.4, -0.2) is 18.8 Å². The topological polar surface area (TPSA) is 29.5 Å². The number of hydrogen-bond donors (Lipinski definition) is 1. The highest BCUT2D eigenvalue weighted by atomic mass is 16.5. The van der Waals surface area contributed by atoms with Crippen LogP contribution in [0.25, 0.3) is 6.08 Å². The predicted molar refractivity (Wildman–Crippen MR) is 75.7 cm³/mol. The lowest BCUT2D eigenvalue weighted by atomic mass is 10.1. The highest BCUT2D eigenvalue weighted by molar-refractivity contribution is 5.50. The molecule has 0 spiro atoms. The fraction of sp³-hybridized carbons (Fsp3) is 0.438. The van der Waals surface area contributed by atoms with Crippen molar-refractivity contribution in [1.82, 2.24) is 0 Å². The summed E-state index contributed by atoms with van der Waals surface area (Å²) in [6.07, 6.45) is 6.02. The van der Waals surface area contributed by atoms with E-state index < -0.39 is 0 Å². The first-order valence-electron chi connectivity index (χ1n) is 6.49. The molecule has 1 aromatic rings. The maximum atomic E-state index is 9.01. The zero-order chi connectivity index (χ0) is 13.2. The van der Waals surface area contributed by atoms with Crippen molar-refractivity contribution in [2.45, 2.75) is 32.6 Å². The van der Waals surface area contributed by atoms with E-state index in [0.717, 1.165) is 24.2 Å². The molecule has 18 heavy (non-hydrogen) atoms. The van der Waals surface area contributed by atoms with Gasteiger partial charge in [0.25, 0.3) is 0 Å². The Labute approximate surface area is 110 Å². The highest BCUT2D eigenvalue weighted by Gasteiger charge is 1.95. The number of aliphatic hydroxyl groups excluding tert-OH is 1. The summed E-state index contributed by atoms with van der Waals surface area (Å²) >= 11 is 0. The molecule has 0 bridgehead atoms. The van der Waals surface area contributed by atoms with Crippen LogP contribution in [0, 0.1) is 0 Å². The van der Waals surface area contributed by atoms with Gasteiger partial charge in [0.2, 0.25) is 0 Å². The van der Waals surface area contributed by atoms with Crippen LogP contribution in [0.4, 0.5) is 0 Å². The average molecular weight is 246 g/mol. The lowest BCUT2D eigenvalue weighted by Crippen LogP contribution is -1.88. The molecule has 0 amide bonds. The fourth-order valence-electron chi connectivity index (χ4n) is 1.68. The second kappa shape index (κ2) is 8.57. The second-order valence-corrected chi connectivity index (χ2v) is 4.24. The van der Waals surface area contributed by atoms with E-state index in [9.17, 15) is 0 Å². The highest BCUT2D eigenvalue weighted by Crippen LogP contribution is 2.14. The van der Waals surface area contributed by atoms with Gasteiger partial charge in [0, 0.05) is 6.61 Å². The molecule has 2 heteroatoms. The summed E-state index contributed by atoms with van der Waals surface area (Å²) in [6.45, 7) is 2.37. The molecule has 0 unspecified atom stereocenters. The summed E-state index contributed by atoms with van der Waals surface area (Å²) < 4.78 is 5.11. The summed E-state index contributed by atoms with van der Waals surface area (Å²) in [4.78, 5) is 0. The molecule has 0 aliphatic carbocycles. The molecular weight excluding hydrogens is 224 g/mol. The second-order valence-electron chi connectivity index (χ2n) is 4.24. The minimum atomic E-state index is 0.197. The van der Waals surface area contributed by atoms with Gasteiger partial charge in [-0.25, -0.2) is 0 Å². The number of benzene rings is 1. The van der Waals surface area contributed by atoms with Gasteiger partial charge in [-0.05, 0) is 48.6 Å². The SMILES string of the molecule is CCCCC(=C=Cc1ccc(OC)cc1)CCO. The lowest BCUT2D eigenvalue weighted by Gasteiger charge is -2.01. The van der Waals surface area contributed by atoms with Crippen molar-refractivity contribution in [3.05, 3.63) is 41.1 Å². The Morgan fingerprint density at radius 2 is 2.00 bits per heavy atom. The van der Waals surface area contributed by atoms with Crippen LogP contribution in [0.2, 0.25) is 0 Å². The third-order valence-electron chi connectivity index (χ3n) is 2.80. The number of unbranched alkanes of at least 4 members (excludes halogenated alkanes) is 1. The Bertz CT molecular complexity index is 398. The van der Waals surface area contributed by atoms with Gasteiger partial charge in [0.05, 0.1) is 7.11 Å². The van der Waals surface area contributed by atoms with Gasteiger partial charge in [0.1, 0.15) is 5.75 Å². The monoisotopic (exact) mass is 246 g/mol. The van der Waals surface area contributed by atoms with Crippen molar-refractivity contribution in [1.29, 1.82) is 0 Å². The van der Waals surface area contributed by atoms with Crippen LogP contribution in [0.1, 0.15) is 38.2 Å². The quantitative estimate of drug-likeness (QED) is 0.741. The predicted octanol–water partition coefficient (Wildman–Crippen LogP) is 3.81. The van der Waals surface area contributed by atoms with E-state index in [1.54, 1.807) is 7.11 Å². The van der Waals surface area contributed by atoms with E-state index in [1.165, 1.54) is 12.0 Å². The maximum absolute atomic E-state index is 9.01. The van der Waals surface area contributed by atoms with Gasteiger partial charge in [-0.1, -0.05) is 25.5 Å². The summed E-state index contributed by atoms with van der Waals surface area (Å²) in [7, 11) is 1.66. The molecule has 0 radical (unpaired) electrons. The molecule has 0 heterocycles. The van der Waals surface area contributed by atoms with Crippen LogP contribution in [0.15, 0.2) is 35.6 Å². The van der Waals surface area contributed by atoms with Crippen molar-refractivity contribution < 1.29 is 9.84 Å². The smallest absolute Gasteiger partial charge is 0.118 e. The van der Waals surface area contributed by atoms with Gasteiger partial charge >= 0.3 is 0 Å². The van der Waals surface area contributed by atoms with E-state index in [2.05, 4.69) is 12.7 Å². The summed E-state index contributed by atoms with van der Waals surface area (Å²) in [6, 6.07) is 7.88. The normalized spacial score (nSPS) is 9.72. The summed E-state index contributed by atoms with van der Waals surface area (Å²) in [5.41, 5.74) is 5.59. The van der Waals surface area contributed by atoms with Crippen molar-refractivity contribution in [2.75, 3.05) is 13.7 Å². The zero-order valence-corrected chi connectivity index (χ0v) is 11.3. The molecule has 1 aromatic carbocycles. The van der Waals surface area contributed by atoms with E-state index in [-0.39, 0.29) is 6.61 Å². The first-order chi connectivity index (χ1) is 8.80. The first-order valence-corrected chi connectivity index (χ1v) is 6.49. The molecule has 0 fully saturated rings. The molecule has 0 aliphatic rings. The summed E-state index contributed by atoms with van der Waals surface area (Å²) in [5, 5.41) is 9.01. The van der Waals surface area contributed by atoms with E-state index >= 15 is 0 Å². The molecule has 0 atom stereocenters. The van der Waals surface area contributed by atoms with Crippen molar-refractivity contribution in [3.63, 3.8) is 0 Å². The molecule has 2 nitrogen and oxygen atoms in total. The minimum absolute atomic E-state index is 0.197. The van der Waals surface area contributed by atoms with E-state index in [1.807, 2.05) is 30.3 Å². The largest absolute Gasteiger partial charge is 0.497 e. The Balaban J connectivity index is 2.76. The van der Waals surface area contributed by atoms with Crippen LogP contribution >= 0.6 is 0 Å². The number of aliphatic hydroxyl groups is 1. The standard InChI is InChI=1S/C16H22O2/c1-3-4-5-14(12-13-17)6-7-15-8-10-16(18-2)11-9-15/h7-11,17H,3-5,12-13H2,1-2H3. The molecule has 0 aromatic heterocycles. The third kappa shape index (κ3) is 5.22. The number of rotatable bonds is 7. The molecule has 0 saturated carbocycles. The van der Waals surface area contributed by atoms with Gasteiger partial charge in [-0.15, -0.1) is 5.73 Å².